The first-order valence-corrected chi connectivity index (χ1v) is 41.5. The highest BCUT2D eigenvalue weighted by Gasteiger charge is 2.40. The predicted molar refractivity (Wildman–Crippen MR) is 427 cm³/mol. The van der Waals surface area contributed by atoms with Crippen molar-refractivity contribution in [2.75, 3.05) is 38.4 Å². The number of hydrazine groups is 1. The summed E-state index contributed by atoms with van der Waals surface area (Å²) in [6, 6.07) is 0.980. The number of carboxylic acid groups (broad SMARTS) is 6. The third kappa shape index (κ3) is 36.7. The average Bonchev–Trinajstić information content (AvgIpc) is 1.18. The van der Waals surface area contributed by atoms with Crippen LogP contribution in [-0.4, -0.2) is 255 Å². The van der Waals surface area contributed by atoms with Gasteiger partial charge in [0.1, 0.15) is 71.5 Å². The molecule has 0 radical (unpaired) electrons. The van der Waals surface area contributed by atoms with Crippen molar-refractivity contribution in [3.05, 3.63) is 81.8 Å². The standard InChI is InChI=1S/C74H105N13O26S4/c1-7-14-61(97)113-39-87(68(102)62(41(5)8-2)83-66(101)53-17-12-13-30-86(53)6)54(40(3)4)36-55(89)67-80-51(37-115-67)65(100)75-44(33-43-18-21-45(88)22-19-43)20-26-58(92)84-85-74(111)112-31-32-116-117-38-52(72(109)110)79-63(98)49(34-42-15-10-9-11-16-42)78-64(99)50(35-60(95)96)77-57(91)27-23-46(69(103)104)76-56(90)28-24-47(70(105)106)81-73(114)82-48(71(107)108)25-29-59(93)94/h9-11,15-16,18-19,21-22,37,40-41,44,46-50,52-55,62,88-89H,7-8,12-14,17,20,23-36,38-39H2,1-6H3,(H,75,100)(H,76,90)(H,77,91)(H,78,99)(H,79,98)(H,83,101)(H,84,92)(H,85,111)(H,93,94)(H,95,96)(H,103,104)(H,105,106)(H,107,108)(H,109,110)(H2,81,82,114)/t41?,44-,46+,47+,48+,49+,50+,52+,53-,54-,55-,62+/m1/s1. The molecular formula is C74H105N13O26S4. The van der Waals surface area contributed by atoms with Crippen molar-refractivity contribution >= 4 is 145 Å². The molecule has 0 saturated carbocycles. The molecule has 1 saturated heterocycles. The van der Waals surface area contributed by atoms with Crippen LogP contribution in [-0.2, 0) is 89.4 Å². The van der Waals surface area contributed by atoms with Crippen molar-refractivity contribution in [1.82, 2.24) is 68.2 Å². The van der Waals surface area contributed by atoms with Crippen LogP contribution in [0.4, 0.5) is 4.79 Å². The van der Waals surface area contributed by atoms with E-state index < -0.39 is 213 Å². The van der Waals surface area contributed by atoms with E-state index in [0.29, 0.717) is 30.4 Å². The van der Waals surface area contributed by atoms with Crippen LogP contribution in [0.25, 0.3) is 0 Å². The quantitative estimate of drug-likeness (QED) is 0.00963. The molecule has 0 aliphatic carbocycles. The van der Waals surface area contributed by atoms with E-state index in [1.807, 2.05) is 46.6 Å². The van der Waals surface area contributed by atoms with Gasteiger partial charge in [0.15, 0.2) is 11.8 Å². The van der Waals surface area contributed by atoms with Gasteiger partial charge in [-0.15, -0.1) is 11.3 Å². The van der Waals surface area contributed by atoms with Crippen LogP contribution in [0.3, 0.4) is 0 Å². The number of rotatable bonds is 52. The van der Waals surface area contributed by atoms with Gasteiger partial charge in [-0.05, 0) is 112 Å². The van der Waals surface area contributed by atoms with Crippen molar-refractivity contribution in [1.29, 1.82) is 0 Å². The molecule has 4 rings (SSSR count). The van der Waals surface area contributed by atoms with Crippen molar-refractivity contribution in [2.45, 2.75) is 217 Å². The highest BCUT2D eigenvalue weighted by molar-refractivity contribution is 8.76. The Labute approximate surface area is 691 Å². The molecule has 646 valence electrons. The zero-order valence-corrected chi connectivity index (χ0v) is 68.7. The highest BCUT2D eigenvalue weighted by atomic mass is 33.1. The zero-order chi connectivity index (χ0) is 87.0. The number of nitrogens with one attached hydrogen (secondary N) is 10. The summed E-state index contributed by atoms with van der Waals surface area (Å²) in [4.78, 5) is 214. The van der Waals surface area contributed by atoms with E-state index in [9.17, 15) is 112 Å². The number of piperidine rings is 1. The molecule has 0 bridgehead atoms. The number of aromatic nitrogens is 1. The number of phenols is 1. The van der Waals surface area contributed by atoms with Gasteiger partial charge in [-0.3, -0.25) is 63.1 Å². The Morgan fingerprint density at radius 3 is 1.77 bits per heavy atom. The number of carbonyl (C=O) groups is 16. The summed E-state index contributed by atoms with van der Waals surface area (Å²) < 4.78 is 10.8. The number of benzene rings is 2. The number of nitrogens with zero attached hydrogens (tertiary/aromatic N) is 3. The lowest BCUT2D eigenvalue weighted by molar-refractivity contribution is -0.159. The molecule has 1 aliphatic rings. The van der Waals surface area contributed by atoms with Gasteiger partial charge in [0.25, 0.3) is 5.91 Å². The van der Waals surface area contributed by atoms with E-state index in [1.165, 1.54) is 22.4 Å². The van der Waals surface area contributed by atoms with Crippen molar-refractivity contribution in [2.24, 2.45) is 11.8 Å². The molecule has 39 nitrogen and oxygen atoms in total. The minimum Gasteiger partial charge on any atom is -0.508 e. The van der Waals surface area contributed by atoms with Crippen LogP contribution in [0.2, 0.25) is 0 Å². The lowest BCUT2D eigenvalue weighted by Gasteiger charge is -2.39. The van der Waals surface area contributed by atoms with E-state index in [-0.39, 0.29) is 90.8 Å². The van der Waals surface area contributed by atoms with Crippen LogP contribution in [0.15, 0.2) is 60.0 Å². The van der Waals surface area contributed by atoms with Crippen LogP contribution < -0.4 is 53.4 Å². The number of amides is 9. The molecule has 2 heterocycles. The van der Waals surface area contributed by atoms with Gasteiger partial charge in [0.05, 0.1) is 12.5 Å². The Morgan fingerprint density at radius 2 is 1.20 bits per heavy atom. The van der Waals surface area contributed by atoms with E-state index in [4.69, 9.17) is 26.8 Å². The molecule has 9 amide bonds. The van der Waals surface area contributed by atoms with Crippen LogP contribution in [0, 0.1) is 11.8 Å². The maximum Gasteiger partial charge on any atom is 0.426 e. The summed E-state index contributed by atoms with van der Waals surface area (Å²) in [6.45, 7) is 9.22. The van der Waals surface area contributed by atoms with Gasteiger partial charge in [-0.25, -0.2) is 34.4 Å². The number of carboxylic acids is 6. The van der Waals surface area contributed by atoms with Gasteiger partial charge in [0, 0.05) is 73.9 Å². The van der Waals surface area contributed by atoms with Crippen LogP contribution in [0.1, 0.15) is 170 Å². The Kier molecular flexibility index (Phi) is 43.6. The molecule has 1 aromatic heterocycles. The van der Waals surface area contributed by atoms with E-state index in [1.54, 1.807) is 42.5 Å². The van der Waals surface area contributed by atoms with Gasteiger partial charge in [-0.1, -0.05) is 112 Å². The molecule has 12 atom stereocenters. The van der Waals surface area contributed by atoms with Crippen LogP contribution in [0.5, 0.6) is 5.75 Å². The Balaban J connectivity index is 1.31. The minimum atomic E-state index is -1.92. The number of aliphatic hydroxyl groups is 1. The minimum absolute atomic E-state index is 0.00503. The topological polar surface area (TPSA) is 593 Å². The number of esters is 1. The highest BCUT2D eigenvalue weighted by Crippen LogP contribution is 2.30. The molecule has 3 aromatic rings. The SMILES string of the molecule is CCCC(=O)OCN(C(=O)[C@@H](NC(=O)[C@H]1CCCCN1C)C(C)CC)[C@H](C[C@@H](O)c1nc(C(=O)N[C@H](CCC(=O)NNC(=O)OCCSSC[C@H](NC(=O)[C@H](Cc2ccccc2)NC(=O)[C@H](CC(=O)O)NC(=O)CC[C@H](NC(=O)CC[C@H](NC(=S)N[C@@H](CCC(=O)O)C(=O)O)C(=O)O)C(=O)O)C(=O)O)Cc2ccc(O)cc2)cs1)C(C)C. The second kappa shape index (κ2) is 51.5. The zero-order valence-electron chi connectivity index (χ0n) is 65.4. The van der Waals surface area contributed by atoms with E-state index in [2.05, 4.69) is 58.4 Å². The molecule has 1 fully saturated rings. The van der Waals surface area contributed by atoms with Gasteiger partial charge in [-0.2, -0.15) is 0 Å². The number of hydrogen-bond acceptors (Lipinski definition) is 26. The molecule has 1 unspecified atom stereocenters. The maximum absolute atomic E-state index is 14.8. The number of likely N-dealkylation sites (N-methyl/N-ethyl adjacent to an activating group) is 1. The number of thiocarbonyl (C=S) groups is 1. The Morgan fingerprint density at radius 1 is 0.624 bits per heavy atom. The van der Waals surface area contributed by atoms with E-state index >= 15 is 0 Å². The van der Waals surface area contributed by atoms with Gasteiger partial charge in [0.2, 0.25) is 41.4 Å². The summed E-state index contributed by atoms with van der Waals surface area (Å²) in [5.41, 5.74) is 5.37. The summed E-state index contributed by atoms with van der Waals surface area (Å²) >= 11 is 5.96. The fourth-order valence-electron chi connectivity index (χ4n) is 11.8. The summed E-state index contributed by atoms with van der Waals surface area (Å²) in [6.07, 6.45) is -4.13. The largest absolute Gasteiger partial charge is 0.508 e. The average molecular weight is 1720 g/mol. The molecule has 117 heavy (non-hydrogen) atoms. The Hall–Kier alpha value is -10.5. The second-order valence-corrected chi connectivity index (χ2v) is 31.9. The monoisotopic (exact) mass is 1720 g/mol. The number of thiazole rings is 1. The fourth-order valence-corrected chi connectivity index (χ4v) is 14.9. The summed E-state index contributed by atoms with van der Waals surface area (Å²) in [5, 5.41) is 100.0. The molecule has 43 heteroatoms. The number of aromatic hydroxyl groups is 1. The molecule has 0 spiro atoms. The summed E-state index contributed by atoms with van der Waals surface area (Å²) in [5.74, 6) is -17.3. The van der Waals surface area contributed by atoms with Crippen molar-refractivity contribution in [3.63, 3.8) is 0 Å². The molecule has 1 aliphatic heterocycles. The van der Waals surface area contributed by atoms with Gasteiger partial charge < -0.3 is 97.8 Å². The number of ether oxygens (including phenoxy) is 2. The smallest absolute Gasteiger partial charge is 0.426 e. The first-order chi connectivity index (χ1) is 55.4. The third-order valence-electron chi connectivity index (χ3n) is 18.5. The first-order valence-electron chi connectivity index (χ1n) is 37.7. The van der Waals surface area contributed by atoms with Crippen molar-refractivity contribution in [3.8, 4) is 5.75 Å². The summed E-state index contributed by atoms with van der Waals surface area (Å²) in [7, 11) is 3.81. The number of aliphatic carboxylic acids is 6. The fraction of sp³-hybridized carbons (Fsp3) is 0.568. The normalized spacial score (nSPS) is 15.4. The number of carbonyl (C=O) groups excluding carboxylic acids is 10. The second-order valence-electron chi connectivity index (χ2n) is 27.9. The lowest BCUT2D eigenvalue weighted by atomic mass is 9.92. The van der Waals surface area contributed by atoms with Gasteiger partial charge >= 0.3 is 47.9 Å². The lowest BCUT2D eigenvalue weighted by Crippen LogP contribution is -2.59. The number of phenolic OH excluding ortho intramolecular Hbond substituents is 1. The van der Waals surface area contributed by atoms with E-state index in [0.717, 1.165) is 52.3 Å². The first kappa shape index (κ1) is 98.9. The number of hydrogen-bond donors (Lipinski definition) is 18. The van der Waals surface area contributed by atoms with Crippen LogP contribution >= 0.6 is 45.1 Å². The molecular weight excluding hydrogens is 1620 g/mol. The maximum atomic E-state index is 14.8. The third-order valence-corrected chi connectivity index (χ3v) is 22.0. The molecule has 2 aromatic carbocycles. The van der Waals surface area contributed by atoms with Crippen molar-refractivity contribution < 1.29 is 127 Å². The predicted octanol–water partition coefficient (Wildman–Crippen LogP) is 2.32. The molecule has 18 N–H and O–H groups in total. The number of likely N-dealkylation sites (tertiary alicyclic amines) is 1. The Bertz CT molecular complexity index is 3880. The number of aliphatic hydroxyl groups excluding tert-OH is 1.